The molecule has 22 heavy (non-hydrogen) atoms. The molecule has 3 rings (SSSR count). The second kappa shape index (κ2) is 6.28. The number of benzene rings is 1. The van der Waals surface area contributed by atoms with Gasteiger partial charge in [0.25, 0.3) is 5.56 Å². The van der Waals surface area contributed by atoms with Crippen LogP contribution in [0.15, 0.2) is 51.9 Å². The number of hydrogen-bond donors (Lipinski definition) is 0. The minimum absolute atomic E-state index is 0.127. The van der Waals surface area contributed by atoms with Gasteiger partial charge in [0, 0.05) is 27.8 Å². The van der Waals surface area contributed by atoms with Gasteiger partial charge in [0.05, 0.1) is 10.7 Å². The molecule has 0 bridgehead atoms. The van der Waals surface area contributed by atoms with Crippen molar-refractivity contribution in [2.45, 2.75) is 6.61 Å². The van der Waals surface area contributed by atoms with Crippen molar-refractivity contribution in [2.75, 3.05) is 0 Å². The fourth-order valence-corrected chi connectivity index (χ4v) is 2.61. The van der Waals surface area contributed by atoms with Gasteiger partial charge in [-0.25, -0.2) is 4.98 Å². The summed E-state index contributed by atoms with van der Waals surface area (Å²) < 4.78 is 7.86. The first kappa shape index (κ1) is 15.3. The van der Waals surface area contributed by atoms with Crippen molar-refractivity contribution < 1.29 is 4.74 Å². The normalized spacial score (nSPS) is 10.9. The van der Waals surface area contributed by atoms with Crippen LogP contribution < -0.4 is 10.3 Å². The number of fused-ring (bicyclic) bond motifs is 1. The van der Waals surface area contributed by atoms with Gasteiger partial charge in [0.1, 0.15) is 18.0 Å². The Hall–Kier alpha value is -1.56. The molecule has 0 unspecified atom stereocenters. The lowest BCUT2D eigenvalue weighted by atomic mass is 10.3. The summed E-state index contributed by atoms with van der Waals surface area (Å²) in [4.78, 5) is 16.5. The lowest BCUT2D eigenvalue weighted by molar-refractivity contribution is 0.301. The van der Waals surface area contributed by atoms with Crippen molar-refractivity contribution in [3.05, 3.63) is 73.2 Å². The van der Waals surface area contributed by atoms with Crippen LogP contribution in [0.25, 0.3) is 5.65 Å². The van der Waals surface area contributed by atoms with E-state index in [9.17, 15) is 4.79 Å². The van der Waals surface area contributed by atoms with Gasteiger partial charge >= 0.3 is 0 Å². The first-order valence-electron chi connectivity index (χ1n) is 6.28. The highest BCUT2D eigenvalue weighted by molar-refractivity contribution is 9.10. The van der Waals surface area contributed by atoms with Crippen LogP contribution in [0.1, 0.15) is 5.69 Å². The number of pyridine rings is 1. The van der Waals surface area contributed by atoms with E-state index in [0.717, 1.165) is 4.47 Å². The number of nitrogens with zero attached hydrogens (tertiary/aromatic N) is 2. The first-order chi connectivity index (χ1) is 10.5. The molecule has 0 radical (unpaired) electrons. The van der Waals surface area contributed by atoms with E-state index < -0.39 is 0 Å². The molecule has 4 nitrogen and oxygen atoms in total. The molecule has 0 saturated heterocycles. The van der Waals surface area contributed by atoms with E-state index in [1.807, 2.05) is 6.07 Å². The predicted molar refractivity (Wildman–Crippen MR) is 90.0 cm³/mol. The summed E-state index contributed by atoms with van der Waals surface area (Å²) in [5.41, 5.74) is 0.886. The summed E-state index contributed by atoms with van der Waals surface area (Å²) in [6, 6.07) is 9.95. The standard InChI is InChI=1S/C15H9BrCl2N2O2/c16-9-1-4-14-19-11(6-15(21)20(14)7-9)8-22-13-5-10(17)2-3-12(13)18/h1-7H,8H2. The fraction of sp³-hybridized carbons (Fsp3) is 0.0667. The third-order valence-corrected chi connectivity index (χ3v) is 3.96. The highest BCUT2D eigenvalue weighted by Crippen LogP contribution is 2.28. The molecule has 7 heteroatoms. The molecule has 2 heterocycles. The van der Waals surface area contributed by atoms with Gasteiger partial charge < -0.3 is 4.74 Å². The van der Waals surface area contributed by atoms with Crippen molar-refractivity contribution in [3.8, 4) is 5.75 Å². The third-order valence-electron chi connectivity index (χ3n) is 2.95. The Morgan fingerprint density at radius 1 is 1.18 bits per heavy atom. The van der Waals surface area contributed by atoms with Gasteiger partial charge in [-0.3, -0.25) is 9.20 Å². The lowest BCUT2D eigenvalue weighted by Gasteiger charge is -2.09. The molecule has 0 saturated carbocycles. The molecule has 0 N–H and O–H groups in total. The largest absolute Gasteiger partial charge is 0.486 e. The molecule has 1 aromatic carbocycles. The summed E-state index contributed by atoms with van der Waals surface area (Å²) in [6.07, 6.45) is 1.67. The van der Waals surface area contributed by atoms with Gasteiger partial charge in [-0.1, -0.05) is 23.2 Å². The molecule has 0 aliphatic heterocycles. The number of halogens is 3. The van der Waals surface area contributed by atoms with Crippen molar-refractivity contribution >= 4 is 44.8 Å². The van der Waals surface area contributed by atoms with E-state index in [2.05, 4.69) is 20.9 Å². The summed E-state index contributed by atoms with van der Waals surface area (Å²) in [5, 5.41) is 0.974. The summed E-state index contributed by atoms with van der Waals surface area (Å²) in [5.74, 6) is 0.451. The smallest absolute Gasteiger partial charge is 0.258 e. The van der Waals surface area contributed by atoms with Crippen LogP contribution >= 0.6 is 39.1 Å². The Morgan fingerprint density at radius 2 is 2.00 bits per heavy atom. The van der Waals surface area contributed by atoms with Crippen LogP contribution in [0, 0.1) is 0 Å². The molecule has 3 aromatic rings. The molecule has 112 valence electrons. The van der Waals surface area contributed by atoms with E-state index in [4.69, 9.17) is 27.9 Å². The molecule has 0 aliphatic rings. The summed E-state index contributed by atoms with van der Waals surface area (Å²) >= 11 is 15.3. The summed E-state index contributed by atoms with van der Waals surface area (Å²) in [7, 11) is 0. The van der Waals surface area contributed by atoms with Crippen LogP contribution in [-0.2, 0) is 6.61 Å². The maximum absolute atomic E-state index is 12.1. The van der Waals surface area contributed by atoms with E-state index in [1.54, 1.807) is 30.5 Å². The van der Waals surface area contributed by atoms with Crippen LogP contribution in [0.3, 0.4) is 0 Å². The zero-order chi connectivity index (χ0) is 15.7. The van der Waals surface area contributed by atoms with E-state index in [-0.39, 0.29) is 12.2 Å². The highest BCUT2D eigenvalue weighted by Gasteiger charge is 2.06. The van der Waals surface area contributed by atoms with E-state index in [0.29, 0.717) is 27.1 Å². The van der Waals surface area contributed by atoms with Crippen LogP contribution in [-0.4, -0.2) is 9.38 Å². The third kappa shape index (κ3) is 3.27. The van der Waals surface area contributed by atoms with Crippen LogP contribution in [0.4, 0.5) is 0 Å². The van der Waals surface area contributed by atoms with Crippen molar-refractivity contribution in [2.24, 2.45) is 0 Å². The fourth-order valence-electron chi connectivity index (χ4n) is 1.94. The SMILES string of the molecule is O=c1cc(COc2cc(Cl)ccc2Cl)nc2ccc(Br)cn12. The molecule has 0 spiro atoms. The Bertz CT molecular complexity index is 912. The predicted octanol–water partition coefficient (Wildman–Crippen LogP) is 4.34. The zero-order valence-electron chi connectivity index (χ0n) is 11.1. The Labute approximate surface area is 144 Å². The second-order valence-corrected chi connectivity index (χ2v) is 6.28. The Kier molecular flexibility index (Phi) is 4.38. The van der Waals surface area contributed by atoms with Gasteiger partial charge in [-0.15, -0.1) is 0 Å². The quantitative estimate of drug-likeness (QED) is 0.657. The van der Waals surface area contributed by atoms with Crippen molar-refractivity contribution in [1.82, 2.24) is 9.38 Å². The minimum Gasteiger partial charge on any atom is -0.486 e. The van der Waals surface area contributed by atoms with Gasteiger partial charge in [0.2, 0.25) is 0 Å². The molecule has 0 fully saturated rings. The number of hydrogen-bond acceptors (Lipinski definition) is 3. The Morgan fingerprint density at radius 3 is 2.82 bits per heavy atom. The van der Waals surface area contributed by atoms with Gasteiger partial charge in [-0.2, -0.15) is 0 Å². The average molecular weight is 400 g/mol. The molecule has 0 aliphatic carbocycles. The minimum atomic E-state index is -0.179. The van der Waals surface area contributed by atoms with Crippen molar-refractivity contribution in [1.29, 1.82) is 0 Å². The maximum Gasteiger partial charge on any atom is 0.258 e. The summed E-state index contributed by atoms with van der Waals surface area (Å²) in [6.45, 7) is 0.127. The Balaban J connectivity index is 1.90. The molecule has 2 aromatic heterocycles. The van der Waals surface area contributed by atoms with Crippen LogP contribution in [0.5, 0.6) is 5.75 Å². The van der Waals surface area contributed by atoms with Gasteiger partial charge in [-0.05, 0) is 40.2 Å². The average Bonchev–Trinajstić information content (AvgIpc) is 2.49. The number of aromatic nitrogens is 2. The topological polar surface area (TPSA) is 43.6 Å². The maximum atomic E-state index is 12.1. The second-order valence-electron chi connectivity index (χ2n) is 4.52. The molecular formula is C15H9BrCl2N2O2. The first-order valence-corrected chi connectivity index (χ1v) is 7.83. The molecule has 0 amide bonds. The lowest BCUT2D eigenvalue weighted by Crippen LogP contribution is -2.16. The molecular weight excluding hydrogens is 391 g/mol. The van der Waals surface area contributed by atoms with E-state index >= 15 is 0 Å². The van der Waals surface area contributed by atoms with Gasteiger partial charge in [0.15, 0.2) is 0 Å². The van der Waals surface area contributed by atoms with Crippen LogP contribution in [0.2, 0.25) is 10.0 Å². The van der Waals surface area contributed by atoms with Crippen molar-refractivity contribution in [3.63, 3.8) is 0 Å². The monoisotopic (exact) mass is 398 g/mol. The molecule has 0 atom stereocenters. The zero-order valence-corrected chi connectivity index (χ0v) is 14.2. The van der Waals surface area contributed by atoms with E-state index in [1.165, 1.54) is 10.5 Å². The number of ether oxygens (including phenoxy) is 1. The number of rotatable bonds is 3. The highest BCUT2D eigenvalue weighted by atomic mass is 79.9.